The molecule has 4 rings (SSSR count). The van der Waals surface area contributed by atoms with Gasteiger partial charge in [-0.1, -0.05) is 23.5 Å². The molecule has 0 aliphatic carbocycles. The minimum Gasteiger partial charge on any atom is -0.486 e. The van der Waals surface area contributed by atoms with Crippen molar-refractivity contribution in [1.82, 2.24) is 4.98 Å². The van der Waals surface area contributed by atoms with Gasteiger partial charge in [0.1, 0.15) is 19.0 Å². The van der Waals surface area contributed by atoms with E-state index in [1.165, 1.54) is 11.3 Å². The molecule has 1 N–H and O–H groups in total. The van der Waals surface area contributed by atoms with Crippen LogP contribution in [0.3, 0.4) is 0 Å². The molecule has 0 saturated heterocycles. The van der Waals surface area contributed by atoms with Crippen molar-refractivity contribution >= 4 is 32.6 Å². The quantitative estimate of drug-likeness (QED) is 0.758. The number of benzene rings is 2. The molecule has 0 unspecified atom stereocenters. The minimum atomic E-state index is -0.248. The van der Waals surface area contributed by atoms with Gasteiger partial charge in [0.05, 0.1) is 10.2 Å². The summed E-state index contributed by atoms with van der Waals surface area (Å²) in [6, 6.07) is 9.51. The van der Waals surface area contributed by atoms with Crippen LogP contribution in [-0.2, 0) is 4.79 Å². The van der Waals surface area contributed by atoms with Gasteiger partial charge in [0, 0.05) is 12.1 Å². The van der Waals surface area contributed by atoms with Crippen LogP contribution in [0.25, 0.3) is 10.2 Å². The Morgan fingerprint density at radius 2 is 2.00 bits per heavy atom. The standard InChI is InChI=1S/C19H18N2O4S/c1-11-4-3-5-14(12(11)2)25-10-18(22)21-19-20-13-8-15-16(9-17(13)26-19)24-7-6-23-15/h3-5,8-9H,6-7,10H2,1-2H3,(H,20,21,22). The Kier molecular flexibility index (Phi) is 4.38. The molecule has 7 heteroatoms. The molecule has 1 aliphatic heterocycles. The minimum absolute atomic E-state index is 0.0665. The van der Waals surface area contributed by atoms with E-state index in [0.717, 1.165) is 21.3 Å². The lowest BCUT2D eigenvalue weighted by Gasteiger charge is -2.17. The van der Waals surface area contributed by atoms with Gasteiger partial charge in [0.25, 0.3) is 5.91 Å². The molecule has 26 heavy (non-hydrogen) atoms. The van der Waals surface area contributed by atoms with Crippen molar-refractivity contribution in [3.63, 3.8) is 0 Å². The van der Waals surface area contributed by atoms with E-state index < -0.39 is 0 Å². The Balaban J connectivity index is 1.45. The van der Waals surface area contributed by atoms with Gasteiger partial charge in [-0.2, -0.15) is 0 Å². The summed E-state index contributed by atoms with van der Waals surface area (Å²) in [4.78, 5) is 16.6. The van der Waals surface area contributed by atoms with Crippen LogP contribution in [0.4, 0.5) is 5.13 Å². The third kappa shape index (κ3) is 3.30. The van der Waals surface area contributed by atoms with Crippen LogP contribution >= 0.6 is 11.3 Å². The number of amides is 1. The lowest BCUT2D eigenvalue weighted by Crippen LogP contribution is -2.20. The number of anilines is 1. The van der Waals surface area contributed by atoms with Crippen molar-refractivity contribution in [2.75, 3.05) is 25.1 Å². The first-order valence-electron chi connectivity index (χ1n) is 8.29. The van der Waals surface area contributed by atoms with E-state index in [1.54, 1.807) is 0 Å². The smallest absolute Gasteiger partial charge is 0.264 e. The monoisotopic (exact) mass is 370 g/mol. The molecular weight excluding hydrogens is 352 g/mol. The predicted molar refractivity (Wildman–Crippen MR) is 101 cm³/mol. The third-order valence-corrected chi connectivity index (χ3v) is 5.15. The van der Waals surface area contributed by atoms with Gasteiger partial charge in [-0.05, 0) is 31.0 Å². The average molecular weight is 370 g/mol. The molecule has 0 atom stereocenters. The molecule has 0 fully saturated rings. The highest BCUT2D eigenvalue weighted by molar-refractivity contribution is 7.22. The fraction of sp³-hybridized carbons (Fsp3) is 0.263. The van der Waals surface area contributed by atoms with Crippen LogP contribution in [0.1, 0.15) is 11.1 Å². The summed E-state index contributed by atoms with van der Waals surface area (Å²) < 4.78 is 17.7. The van der Waals surface area contributed by atoms with Crippen LogP contribution in [0.5, 0.6) is 17.2 Å². The molecule has 1 amide bonds. The van der Waals surface area contributed by atoms with Gasteiger partial charge in [0.2, 0.25) is 0 Å². The zero-order chi connectivity index (χ0) is 18.1. The first-order chi connectivity index (χ1) is 12.6. The maximum atomic E-state index is 12.2. The highest BCUT2D eigenvalue weighted by Gasteiger charge is 2.16. The molecule has 134 valence electrons. The molecule has 0 radical (unpaired) electrons. The number of hydrogen-bond donors (Lipinski definition) is 1. The van der Waals surface area contributed by atoms with E-state index in [0.29, 0.717) is 35.6 Å². The second kappa shape index (κ2) is 6.84. The number of nitrogens with zero attached hydrogens (tertiary/aromatic N) is 1. The third-order valence-electron chi connectivity index (χ3n) is 4.21. The number of nitrogens with one attached hydrogen (secondary N) is 1. The second-order valence-electron chi connectivity index (χ2n) is 6.02. The topological polar surface area (TPSA) is 69.7 Å². The summed E-state index contributed by atoms with van der Waals surface area (Å²) in [6.07, 6.45) is 0. The van der Waals surface area contributed by atoms with Crippen molar-refractivity contribution in [2.45, 2.75) is 13.8 Å². The molecule has 0 spiro atoms. The Hall–Kier alpha value is -2.80. The summed E-state index contributed by atoms with van der Waals surface area (Å²) in [7, 11) is 0. The molecule has 2 heterocycles. The molecular formula is C19H18N2O4S. The van der Waals surface area contributed by atoms with Crippen molar-refractivity contribution < 1.29 is 19.0 Å². The van der Waals surface area contributed by atoms with E-state index >= 15 is 0 Å². The number of carbonyl (C=O) groups excluding carboxylic acids is 1. The van der Waals surface area contributed by atoms with E-state index in [1.807, 2.05) is 44.2 Å². The van der Waals surface area contributed by atoms with Gasteiger partial charge >= 0.3 is 0 Å². The maximum absolute atomic E-state index is 12.2. The number of fused-ring (bicyclic) bond motifs is 2. The first-order valence-corrected chi connectivity index (χ1v) is 9.11. The zero-order valence-corrected chi connectivity index (χ0v) is 15.3. The van der Waals surface area contributed by atoms with Gasteiger partial charge in [0.15, 0.2) is 23.2 Å². The van der Waals surface area contributed by atoms with Crippen LogP contribution in [-0.4, -0.2) is 30.7 Å². The van der Waals surface area contributed by atoms with E-state index in [9.17, 15) is 4.79 Å². The van der Waals surface area contributed by atoms with Gasteiger partial charge < -0.3 is 14.2 Å². The van der Waals surface area contributed by atoms with Crippen LogP contribution in [0.15, 0.2) is 30.3 Å². The molecule has 3 aromatic rings. The number of rotatable bonds is 4. The number of thiazole rings is 1. The van der Waals surface area contributed by atoms with Gasteiger partial charge in [-0.3, -0.25) is 10.1 Å². The molecule has 2 aromatic carbocycles. The van der Waals surface area contributed by atoms with Crippen LogP contribution in [0, 0.1) is 13.8 Å². The molecule has 1 aliphatic rings. The highest BCUT2D eigenvalue weighted by atomic mass is 32.1. The largest absolute Gasteiger partial charge is 0.486 e. The number of ether oxygens (including phenoxy) is 3. The summed E-state index contributed by atoms with van der Waals surface area (Å²) in [5.41, 5.74) is 2.93. The fourth-order valence-electron chi connectivity index (χ4n) is 2.70. The number of aryl methyl sites for hydroxylation is 1. The number of aromatic nitrogens is 1. The summed E-state index contributed by atoms with van der Waals surface area (Å²) in [5.74, 6) is 1.86. The van der Waals surface area contributed by atoms with E-state index in [2.05, 4.69) is 10.3 Å². The van der Waals surface area contributed by atoms with E-state index in [-0.39, 0.29) is 12.5 Å². The Labute approximate surface area is 154 Å². The average Bonchev–Trinajstić information content (AvgIpc) is 3.01. The van der Waals surface area contributed by atoms with Crippen molar-refractivity contribution in [3.8, 4) is 17.2 Å². The highest BCUT2D eigenvalue weighted by Crippen LogP contribution is 2.37. The SMILES string of the molecule is Cc1cccc(OCC(=O)Nc2nc3cc4c(cc3s2)OCCO4)c1C. The van der Waals surface area contributed by atoms with Crippen LogP contribution < -0.4 is 19.5 Å². The normalized spacial score (nSPS) is 12.8. The predicted octanol–water partition coefficient (Wildman–Crippen LogP) is 3.70. The zero-order valence-electron chi connectivity index (χ0n) is 14.5. The maximum Gasteiger partial charge on any atom is 0.264 e. The second-order valence-corrected chi connectivity index (χ2v) is 7.05. The molecule has 0 saturated carbocycles. The summed E-state index contributed by atoms with van der Waals surface area (Å²) >= 11 is 1.39. The van der Waals surface area contributed by atoms with Crippen molar-refractivity contribution in [1.29, 1.82) is 0 Å². The van der Waals surface area contributed by atoms with Crippen molar-refractivity contribution in [3.05, 3.63) is 41.5 Å². The molecule has 0 bridgehead atoms. The molecule has 1 aromatic heterocycles. The number of carbonyl (C=O) groups is 1. The first kappa shape index (κ1) is 16.7. The van der Waals surface area contributed by atoms with Gasteiger partial charge in [-0.25, -0.2) is 4.98 Å². The lowest BCUT2D eigenvalue weighted by atomic mass is 10.1. The Morgan fingerprint density at radius 1 is 1.23 bits per heavy atom. The molecule has 6 nitrogen and oxygen atoms in total. The Morgan fingerprint density at radius 3 is 2.81 bits per heavy atom. The number of hydrogen-bond acceptors (Lipinski definition) is 6. The summed E-state index contributed by atoms with van der Waals surface area (Å²) in [6.45, 7) is 4.99. The van der Waals surface area contributed by atoms with Crippen LogP contribution in [0.2, 0.25) is 0 Å². The van der Waals surface area contributed by atoms with Gasteiger partial charge in [-0.15, -0.1) is 0 Å². The van der Waals surface area contributed by atoms with E-state index in [4.69, 9.17) is 14.2 Å². The Bertz CT molecular complexity index is 940. The summed E-state index contributed by atoms with van der Waals surface area (Å²) in [5, 5.41) is 3.31. The van der Waals surface area contributed by atoms with Crippen molar-refractivity contribution in [2.24, 2.45) is 0 Å². The lowest BCUT2D eigenvalue weighted by molar-refractivity contribution is -0.118. The fourth-order valence-corrected chi connectivity index (χ4v) is 3.59.